The van der Waals surface area contributed by atoms with Gasteiger partial charge in [0.2, 0.25) is 12.5 Å². The van der Waals surface area contributed by atoms with E-state index in [0.717, 1.165) is 43.1 Å². The number of hydrogen-bond donors (Lipinski definition) is 1. The molecule has 1 aliphatic rings. The lowest BCUT2D eigenvalue weighted by atomic mass is 10.1. The Hall–Kier alpha value is -1.46. The molecule has 20 heavy (non-hydrogen) atoms. The van der Waals surface area contributed by atoms with Crippen LogP contribution in [0.2, 0.25) is 0 Å². The molecule has 5 heteroatoms. The van der Waals surface area contributed by atoms with E-state index < -0.39 is 0 Å². The standard InChI is InChI=1S/C15H23NO4/c1-4-5-12(9-17-2)16-8-11-6-13(18-3)15-14(7-11)19-10-20-15/h6-7,12,16H,4-5,8-10H2,1-3H3. The molecule has 1 heterocycles. The molecule has 0 spiro atoms. The van der Waals surface area contributed by atoms with Crippen LogP contribution in [0.3, 0.4) is 0 Å². The highest BCUT2D eigenvalue weighted by Crippen LogP contribution is 2.41. The Morgan fingerprint density at radius 1 is 1.30 bits per heavy atom. The highest BCUT2D eigenvalue weighted by atomic mass is 16.7. The third kappa shape index (κ3) is 3.55. The summed E-state index contributed by atoms with van der Waals surface area (Å²) < 4.78 is 21.4. The lowest BCUT2D eigenvalue weighted by molar-refractivity contribution is 0.161. The highest BCUT2D eigenvalue weighted by molar-refractivity contribution is 5.55. The maximum Gasteiger partial charge on any atom is 0.231 e. The quantitative estimate of drug-likeness (QED) is 0.792. The van der Waals surface area contributed by atoms with Crippen molar-refractivity contribution >= 4 is 0 Å². The van der Waals surface area contributed by atoms with Gasteiger partial charge in [0.1, 0.15) is 0 Å². The van der Waals surface area contributed by atoms with Crippen LogP contribution >= 0.6 is 0 Å². The van der Waals surface area contributed by atoms with Crippen LogP contribution in [0.15, 0.2) is 12.1 Å². The first kappa shape index (κ1) is 14.9. The third-order valence-corrected chi connectivity index (χ3v) is 3.32. The molecular formula is C15H23NO4. The van der Waals surface area contributed by atoms with Gasteiger partial charge < -0.3 is 24.3 Å². The Balaban J connectivity index is 2.02. The molecule has 1 aromatic carbocycles. The van der Waals surface area contributed by atoms with E-state index in [1.165, 1.54) is 0 Å². The van der Waals surface area contributed by atoms with Crippen molar-refractivity contribution in [1.82, 2.24) is 5.32 Å². The molecule has 0 fully saturated rings. The summed E-state index contributed by atoms with van der Waals surface area (Å²) in [4.78, 5) is 0. The number of ether oxygens (including phenoxy) is 4. The van der Waals surface area contributed by atoms with Crippen molar-refractivity contribution in [3.8, 4) is 17.2 Å². The predicted molar refractivity (Wildman–Crippen MR) is 76.5 cm³/mol. The summed E-state index contributed by atoms with van der Waals surface area (Å²) in [6.07, 6.45) is 2.22. The van der Waals surface area contributed by atoms with E-state index >= 15 is 0 Å². The van der Waals surface area contributed by atoms with E-state index in [-0.39, 0.29) is 6.79 Å². The first-order chi connectivity index (χ1) is 9.78. The molecule has 0 aromatic heterocycles. The fraction of sp³-hybridized carbons (Fsp3) is 0.600. The number of hydrogen-bond acceptors (Lipinski definition) is 5. The summed E-state index contributed by atoms with van der Waals surface area (Å²) >= 11 is 0. The van der Waals surface area contributed by atoms with E-state index in [0.29, 0.717) is 11.8 Å². The molecule has 5 nitrogen and oxygen atoms in total. The topological polar surface area (TPSA) is 49.0 Å². The Morgan fingerprint density at radius 3 is 2.85 bits per heavy atom. The average Bonchev–Trinajstić information content (AvgIpc) is 2.92. The summed E-state index contributed by atoms with van der Waals surface area (Å²) in [5.74, 6) is 2.16. The second kappa shape index (κ2) is 7.36. The first-order valence-electron chi connectivity index (χ1n) is 6.97. The van der Waals surface area contributed by atoms with E-state index in [4.69, 9.17) is 18.9 Å². The maximum absolute atomic E-state index is 5.43. The van der Waals surface area contributed by atoms with Crippen molar-refractivity contribution in [3.63, 3.8) is 0 Å². The van der Waals surface area contributed by atoms with Crippen molar-refractivity contribution in [2.75, 3.05) is 27.6 Å². The number of methoxy groups -OCH3 is 2. The van der Waals surface area contributed by atoms with Gasteiger partial charge in [-0.15, -0.1) is 0 Å². The molecule has 0 bridgehead atoms. The Kier molecular flexibility index (Phi) is 5.49. The van der Waals surface area contributed by atoms with Crippen LogP contribution in [0, 0.1) is 0 Å². The van der Waals surface area contributed by atoms with Crippen LogP contribution in [0.4, 0.5) is 0 Å². The zero-order valence-electron chi connectivity index (χ0n) is 12.4. The number of fused-ring (bicyclic) bond motifs is 1. The first-order valence-corrected chi connectivity index (χ1v) is 6.97. The zero-order valence-corrected chi connectivity index (χ0v) is 12.4. The molecule has 0 saturated heterocycles. The Morgan fingerprint density at radius 2 is 2.15 bits per heavy atom. The molecule has 1 N–H and O–H groups in total. The average molecular weight is 281 g/mol. The van der Waals surface area contributed by atoms with Gasteiger partial charge in [0, 0.05) is 19.7 Å². The van der Waals surface area contributed by atoms with Gasteiger partial charge in [-0.2, -0.15) is 0 Å². The predicted octanol–water partition coefficient (Wildman–Crippen LogP) is 2.33. The van der Waals surface area contributed by atoms with Crippen LogP contribution in [0.25, 0.3) is 0 Å². The minimum atomic E-state index is 0.255. The summed E-state index contributed by atoms with van der Waals surface area (Å²) in [6, 6.07) is 4.34. The van der Waals surface area contributed by atoms with E-state index in [2.05, 4.69) is 12.2 Å². The lowest BCUT2D eigenvalue weighted by Gasteiger charge is -2.17. The summed E-state index contributed by atoms with van der Waals surface area (Å²) in [6.45, 7) is 3.90. The minimum absolute atomic E-state index is 0.255. The number of benzene rings is 1. The van der Waals surface area contributed by atoms with Gasteiger partial charge in [0.05, 0.1) is 13.7 Å². The van der Waals surface area contributed by atoms with Gasteiger partial charge in [-0.05, 0) is 24.1 Å². The maximum atomic E-state index is 5.43. The molecule has 1 aromatic rings. The van der Waals surface area contributed by atoms with Gasteiger partial charge in [0.15, 0.2) is 11.5 Å². The second-order valence-electron chi connectivity index (χ2n) is 4.85. The molecule has 112 valence electrons. The number of nitrogens with one attached hydrogen (secondary N) is 1. The molecule has 0 radical (unpaired) electrons. The molecule has 0 amide bonds. The zero-order chi connectivity index (χ0) is 14.4. The van der Waals surface area contributed by atoms with Crippen molar-refractivity contribution in [2.45, 2.75) is 32.4 Å². The van der Waals surface area contributed by atoms with Crippen LogP contribution < -0.4 is 19.5 Å². The van der Waals surface area contributed by atoms with Gasteiger partial charge >= 0.3 is 0 Å². The molecule has 1 aliphatic heterocycles. The smallest absolute Gasteiger partial charge is 0.231 e. The molecule has 0 saturated carbocycles. The van der Waals surface area contributed by atoms with Gasteiger partial charge in [-0.25, -0.2) is 0 Å². The van der Waals surface area contributed by atoms with Gasteiger partial charge in [0.25, 0.3) is 0 Å². The van der Waals surface area contributed by atoms with Crippen LogP contribution in [0.5, 0.6) is 17.2 Å². The fourth-order valence-electron chi connectivity index (χ4n) is 2.34. The summed E-state index contributed by atoms with van der Waals surface area (Å²) in [5, 5.41) is 3.50. The number of rotatable bonds is 8. The monoisotopic (exact) mass is 281 g/mol. The summed E-state index contributed by atoms with van der Waals surface area (Å²) in [5.41, 5.74) is 1.11. The lowest BCUT2D eigenvalue weighted by Crippen LogP contribution is -2.32. The SMILES string of the molecule is CCCC(COC)NCc1cc(OC)c2c(c1)OCO2. The van der Waals surface area contributed by atoms with Crippen molar-refractivity contribution < 1.29 is 18.9 Å². The summed E-state index contributed by atoms with van der Waals surface area (Å²) in [7, 11) is 3.37. The van der Waals surface area contributed by atoms with Crippen LogP contribution in [0.1, 0.15) is 25.3 Å². The van der Waals surface area contributed by atoms with E-state index in [9.17, 15) is 0 Å². The largest absolute Gasteiger partial charge is 0.493 e. The van der Waals surface area contributed by atoms with Crippen molar-refractivity contribution in [3.05, 3.63) is 17.7 Å². The van der Waals surface area contributed by atoms with Crippen LogP contribution in [-0.4, -0.2) is 33.7 Å². The van der Waals surface area contributed by atoms with Gasteiger partial charge in [-0.1, -0.05) is 13.3 Å². The van der Waals surface area contributed by atoms with E-state index in [1.54, 1.807) is 14.2 Å². The molecule has 2 rings (SSSR count). The van der Waals surface area contributed by atoms with Gasteiger partial charge in [-0.3, -0.25) is 0 Å². The Labute approximate surface area is 120 Å². The van der Waals surface area contributed by atoms with Crippen molar-refractivity contribution in [2.24, 2.45) is 0 Å². The molecule has 1 atom stereocenters. The third-order valence-electron chi connectivity index (χ3n) is 3.32. The fourth-order valence-corrected chi connectivity index (χ4v) is 2.34. The second-order valence-corrected chi connectivity index (χ2v) is 4.85. The molecule has 1 unspecified atom stereocenters. The van der Waals surface area contributed by atoms with E-state index in [1.807, 2.05) is 12.1 Å². The molecule has 0 aliphatic carbocycles. The van der Waals surface area contributed by atoms with Crippen LogP contribution in [-0.2, 0) is 11.3 Å². The highest BCUT2D eigenvalue weighted by Gasteiger charge is 2.20. The van der Waals surface area contributed by atoms with Crippen molar-refractivity contribution in [1.29, 1.82) is 0 Å². The Bertz CT molecular complexity index is 430. The normalized spacial score (nSPS) is 14.3. The molecular weight excluding hydrogens is 258 g/mol. The minimum Gasteiger partial charge on any atom is -0.493 e.